The Hall–Kier alpha value is -2.35. The Morgan fingerprint density at radius 1 is 0.933 bits per heavy atom. The van der Waals surface area contributed by atoms with Crippen molar-refractivity contribution in [2.75, 3.05) is 22.9 Å². The van der Waals surface area contributed by atoms with E-state index in [1.807, 2.05) is 0 Å². The molecule has 0 radical (unpaired) electrons. The molecule has 0 fully saturated rings. The SMILES string of the molecule is NOc1c(N)c(N)c(N)c(N)c1C(N)=O. The summed E-state index contributed by atoms with van der Waals surface area (Å²) in [5.41, 5.74) is 26.8. The number of carbonyl (C=O) groups excluding carboxylic acids is 1. The van der Waals surface area contributed by atoms with Gasteiger partial charge in [-0.2, -0.15) is 5.90 Å². The first-order valence-electron chi connectivity index (χ1n) is 3.84. The Morgan fingerprint density at radius 3 is 1.80 bits per heavy atom. The van der Waals surface area contributed by atoms with Gasteiger partial charge in [-0.15, -0.1) is 0 Å². The van der Waals surface area contributed by atoms with Gasteiger partial charge in [-0.25, -0.2) is 0 Å². The van der Waals surface area contributed by atoms with Crippen molar-refractivity contribution < 1.29 is 9.63 Å². The second-order valence-electron chi connectivity index (χ2n) is 2.84. The molecular formula is C7H12N6O2. The molecule has 0 aromatic heterocycles. The van der Waals surface area contributed by atoms with Gasteiger partial charge in [-0.1, -0.05) is 0 Å². The molecule has 0 saturated heterocycles. The van der Waals surface area contributed by atoms with Gasteiger partial charge in [-0.3, -0.25) is 4.79 Å². The normalized spacial score (nSPS) is 9.93. The molecule has 12 N–H and O–H groups in total. The maximum Gasteiger partial charge on any atom is 0.254 e. The van der Waals surface area contributed by atoms with Crippen molar-refractivity contribution in [2.24, 2.45) is 11.6 Å². The summed E-state index contributed by atoms with van der Waals surface area (Å²) < 4.78 is 0. The average Bonchev–Trinajstić information content (AvgIpc) is 2.19. The van der Waals surface area contributed by atoms with Crippen LogP contribution in [0.1, 0.15) is 10.4 Å². The molecule has 0 aliphatic rings. The molecule has 0 unspecified atom stereocenters. The molecular weight excluding hydrogens is 200 g/mol. The van der Waals surface area contributed by atoms with Gasteiger partial charge in [0.1, 0.15) is 11.3 Å². The number of amides is 1. The van der Waals surface area contributed by atoms with Gasteiger partial charge in [0.05, 0.1) is 17.1 Å². The summed E-state index contributed by atoms with van der Waals surface area (Å²) in [5, 5.41) is 0. The average molecular weight is 212 g/mol. The highest BCUT2D eigenvalue weighted by atomic mass is 16.6. The number of nitrogen functional groups attached to an aromatic ring is 4. The smallest absolute Gasteiger partial charge is 0.254 e. The fourth-order valence-electron chi connectivity index (χ4n) is 1.17. The highest BCUT2D eigenvalue weighted by Gasteiger charge is 2.22. The second kappa shape index (κ2) is 3.42. The van der Waals surface area contributed by atoms with E-state index in [2.05, 4.69) is 4.84 Å². The molecule has 1 aromatic rings. The van der Waals surface area contributed by atoms with Crippen LogP contribution in [0.3, 0.4) is 0 Å². The van der Waals surface area contributed by atoms with Crippen LogP contribution in [0.25, 0.3) is 0 Å². The van der Waals surface area contributed by atoms with Gasteiger partial charge >= 0.3 is 0 Å². The molecule has 1 aromatic carbocycles. The molecule has 0 heterocycles. The summed E-state index contributed by atoms with van der Waals surface area (Å²) in [4.78, 5) is 15.5. The summed E-state index contributed by atoms with van der Waals surface area (Å²) in [6.45, 7) is 0. The summed E-state index contributed by atoms with van der Waals surface area (Å²) in [6.07, 6.45) is 0. The Balaban J connectivity index is 3.70. The van der Waals surface area contributed by atoms with Crippen LogP contribution in [0.4, 0.5) is 22.7 Å². The van der Waals surface area contributed by atoms with Crippen molar-refractivity contribution in [2.45, 2.75) is 0 Å². The van der Waals surface area contributed by atoms with E-state index in [-0.39, 0.29) is 34.1 Å². The van der Waals surface area contributed by atoms with Gasteiger partial charge < -0.3 is 33.5 Å². The first-order valence-corrected chi connectivity index (χ1v) is 3.84. The van der Waals surface area contributed by atoms with Crippen LogP contribution < -0.4 is 39.4 Å². The van der Waals surface area contributed by atoms with Gasteiger partial charge in [0, 0.05) is 0 Å². The first-order chi connectivity index (χ1) is 6.91. The van der Waals surface area contributed by atoms with Gasteiger partial charge in [0.15, 0.2) is 5.75 Å². The molecule has 1 amide bonds. The molecule has 8 nitrogen and oxygen atoms in total. The van der Waals surface area contributed by atoms with E-state index in [1.165, 1.54) is 0 Å². The number of primary amides is 1. The van der Waals surface area contributed by atoms with Crippen molar-refractivity contribution in [3.8, 4) is 5.75 Å². The van der Waals surface area contributed by atoms with E-state index in [0.29, 0.717) is 0 Å². The Labute approximate surface area is 85.1 Å². The lowest BCUT2D eigenvalue weighted by Gasteiger charge is -2.15. The van der Waals surface area contributed by atoms with Gasteiger partial charge in [0.2, 0.25) is 0 Å². The van der Waals surface area contributed by atoms with Crippen LogP contribution in [0, 0.1) is 0 Å². The van der Waals surface area contributed by atoms with E-state index in [4.69, 9.17) is 34.6 Å². The highest BCUT2D eigenvalue weighted by Crippen LogP contribution is 2.40. The van der Waals surface area contributed by atoms with Crippen LogP contribution >= 0.6 is 0 Å². The van der Waals surface area contributed by atoms with Crippen molar-refractivity contribution in [1.29, 1.82) is 0 Å². The largest absolute Gasteiger partial charge is 0.408 e. The van der Waals surface area contributed by atoms with E-state index >= 15 is 0 Å². The highest BCUT2D eigenvalue weighted by molar-refractivity contribution is 6.09. The van der Waals surface area contributed by atoms with E-state index in [1.54, 1.807) is 0 Å². The minimum Gasteiger partial charge on any atom is -0.408 e. The van der Waals surface area contributed by atoms with E-state index in [9.17, 15) is 4.79 Å². The topological polar surface area (TPSA) is 182 Å². The predicted octanol–water partition coefficient (Wildman–Crippen LogP) is -1.63. The number of hydrogen-bond donors (Lipinski definition) is 6. The zero-order valence-corrected chi connectivity index (χ0v) is 7.78. The second-order valence-corrected chi connectivity index (χ2v) is 2.84. The zero-order valence-electron chi connectivity index (χ0n) is 7.78. The number of hydrogen-bond acceptors (Lipinski definition) is 7. The number of benzene rings is 1. The van der Waals surface area contributed by atoms with E-state index < -0.39 is 5.91 Å². The van der Waals surface area contributed by atoms with Crippen LogP contribution in [0.5, 0.6) is 5.75 Å². The molecule has 0 aliphatic heterocycles. The Kier molecular flexibility index (Phi) is 2.45. The lowest BCUT2D eigenvalue weighted by Crippen LogP contribution is -2.20. The fraction of sp³-hybridized carbons (Fsp3) is 0. The molecule has 1 rings (SSSR count). The summed E-state index contributed by atoms with van der Waals surface area (Å²) in [5.74, 6) is 3.91. The van der Waals surface area contributed by atoms with Crippen LogP contribution in [-0.4, -0.2) is 5.91 Å². The molecule has 82 valence electrons. The summed E-state index contributed by atoms with van der Waals surface area (Å²) in [6, 6.07) is 0. The maximum atomic E-state index is 11.1. The molecule has 0 bridgehead atoms. The quantitative estimate of drug-likeness (QED) is 0.251. The van der Waals surface area contributed by atoms with Gasteiger partial charge in [-0.05, 0) is 0 Å². The Morgan fingerprint density at radius 2 is 1.40 bits per heavy atom. The molecule has 0 spiro atoms. The lowest BCUT2D eigenvalue weighted by molar-refractivity contribution is 0.0997. The lowest BCUT2D eigenvalue weighted by atomic mass is 10.1. The van der Waals surface area contributed by atoms with E-state index in [0.717, 1.165) is 0 Å². The van der Waals surface area contributed by atoms with Crippen molar-refractivity contribution >= 4 is 28.7 Å². The van der Waals surface area contributed by atoms with Crippen molar-refractivity contribution in [3.05, 3.63) is 5.56 Å². The third kappa shape index (κ3) is 1.42. The van der Waals surface area contributed by atoms with Crippen molar-refractivity contribution in [1.82, 2.24) is 0 Å². The maximum absolute atomic E-state index is 11.1. The summed E-state index contributed by atoms with van der Waals surface area (Å²) >= 11 is 0. The zero-order chi connectivity index (χ0) is 11.7. The molecule has 15 heavy (non-hydrogen) atoms. The van der Waals surface area contributed by atoms with Crippen LogP contribution in [0.2, 0.25) is 0 Å². The number of carbonyl (C=O) groups is 1. The van der Waals surface area contributed by atoms with Crippen LogP contribution in [0.15, 0.2) is 0 Å². The fourth-order valence-corrected chi connectivity index (χ4v) is 1.17. The summed E-state index contributed by atoms with van der Waals surface area (Å²) in [7, 11) is 0. The minimum absolute atomic E-state index is 0.00190. The van der Waals surface area contributed by atoms with Crippen molar-refractivity contribution in [3.63, 3.8) is 0 Å². The number of rotatable bonds is 2. The number of nitrogens with two attached hydrogens (primary N) is 6. The van der Waals surface area contributed by atoms with Crippen LogP contribution in [-0.2, 0) is 0 Å². The third-order valence-electron chi connectivity index (χ3n) is 1.98. The minimum atomic E-state index is -0.855. The third-order valence-corrected chi connectivity index (χ3v) is 1.98. The first kappa shape index (κ1) is 10.7. The predicted molar refractivity (Wildman–Crippen MR) is 57.4 cm³/mol. The van der Waals surface area contributed by atoms with Gasteiger partial charge in [0.25, 0.3) is 5.91 Å². The molecule has 0 saturated carbocycles. The Bertz CT molecular complexity index is 430. The molecule has 0 aliphatic carbocycles. The monoisotopic (exact) mass is 212 g/mol. The standard InChI is InChI=1S/C7H12N6O2/c8-2-1(7(12)14)6(15-13)5(11)4(10)3(2)9/h8-11,13H2,(H2,12,14). The molecule has 0 atom stereocenters. The molecule has 8 heteroatoms. The number of anilines is 4.